The van der Waals surface area contributed by atoms with Crippen molar-refractivity contribution in [2.24, 2.45) is 0 Å². The van der Waals surface area contributed by atoms with Crippen molar-refractivity contribution in [1.29, 1.82) is 0 Å². The molecule has 0 unspecified atom stereocenters. The zero-order chi connectivity index (χ0) is 19.5. The Kier molecular flexibility index (Phi) is 4.89. The molecule has 0 fully saturated rings. The number of fused-ring (bicyclic) bond motifs is 1. The van der Waals surface area contributed by atoms with Crippen molar-refractivity contribution in [2.45, 2.75) is 20.0 Å². The van der Waals surface area contributed by atoms with E-state index in [4.69, 9.17) is 10.5 Å². The Labute approximate surface area is 162 Å². The molecular formula is C23H20FN3O. The fourth-order valence-electron chi connectivity index (χ4n) is 3.18. The van der Waals surface area contributed by atoms with E-state index in [1.54, 1.807) is 18.3 Å². The number of aromatic nitrogens is 2. The molecule has 0 atom stereocenters. The van der Waals surface area contributed by atoms with Crippen molar-refractivity contribution in [2.75, 3.05) is 5.73 Å². The molecule has 0 saturated heterocycles. The summed E-state index contributed by atoms with van der Waals surface area (Å²) in [4.78, 5) is 9.05. The Morgan fingerprint density at radius 1 is 0.964 bits per heavy atom. The SMILES string of the molecule is Cc1nc(N)c2cc(Cc3ccc(F)cc3)cnc2c1OCc1ccccc1. The number of hydrogen-bond donors (Lipinski definition) is 1. The molecule has 0 aliphatic carbocycles. The van der Waals surface area contributed by atoms with Crippen molar-refractivity contribution in [1.82, 2.24) is 9.97 Å². The van der Waals surface area contributed by atoms with Crippen LogP contribution in [-0.2, 0) is 13.0 Å². The fourth-order valence-corrected chi connectivity index (χ4v) is 3.18. The summed E-state index contributed by atoms with van der Waals surface area (Å²) in [5.74, 6) is 0.818. The first kappa shape index (κ1) is 17.9. The van der Waals surface area contributed by atoms with Gasteiger partial charge in [-0.3, -0.25) is 4.98 Å². The Morgan fingerprint density at radius 3 is 2.46 bits per heavy atom. The molecule has 0 amide bonds. The highest BCUT2D eigenvalue weighted by atomic mass is 19.1. The Hall–Kier alpha value is -3.47. The van der Waals surface area contributed by atoms with Gasteiger partial charge in [0.05, 0.1) is 5.69 Å². The van der Waals surface area contributed by atoms with Gasteiger partial charge in [0, 0.05) is 11.6 Å². The number of nitrogen functional groups attached to an aromatic ring is 1. The van der Waals surface area contributed by atoms with Crippen LogP contribution in [0.2, 0.25) is 0 Å². The van der Waals surface area contributed by atoms with Gasteiger partial charge in [-0.2, -0.15) is 0 Å². The maximum Gasteiger partial charge on any atom is 0.167 e. The smallest absolute Gasteiger partial charge is 0.167 e. The van der Waals surface area contributed by atoms with Crippen molar-refractivity contribution in [3.8, 4) is 5.75 Å². The molecule has 4 rings (SSSR count). The fraction of sp³-hybridized carbons (Fsp3) is 0.130. The first-order valence-corrected chi connectivity index (χ1v) is 9.06. The summed E-state index contributed by atoms with van der Waals surface area (Å²) in [5, 5.41) is 0.758. The zero-order valence-electron chi connectivity index (χ0n) is 15.5. The molecule has 28 heavy (non-hydrogen) atoms. The first-order chi connectivity index (χ1) is 13.6. The zero-order valence-corrected chi connectivity index (χ0v) is 15.5. The van der Waals surface area contributed by atoms with E-state index in [1.807, 2.05) is 43.3 Å². The molecular weight excluding hydrogens is 353 g/mol. The highest BCUT2D eigenvalue weighted by Gasteiger charge is 2.14. The van der Waals surface area contributed by atoms with Crippen LogP contribution in [0, 0.1) is 12.7 Å². The minimum Gasteiger partial charge on any atom is -0.485 e. The molecule has 0 aliphatic rings. The van der Waals surface area contributed by atoms with Gasteiger partial charge in [-0.15, -0.1) is 0 Å². The van der Waals surface area contributed by atoms with Gasteiger partial charge in [-0.25, -0.2) is 9.37 Å². The molecule has 0 bridgehead atoms. The lowest BCUT2D eigenvalue weighted by Gasteiger charge is -2.13. The average molecular weight is 373 g/mol. The number of anilines is 1. The lowest BCUT2D eigenvalue weighted by atomic mass is 10.0. The van der Waals surface area contributed by atoms with E-state index < -0.39 is 0 Å². The van der Waals surface area contributed by atoms with E-state index in [0.717, 1.165) is 22.1 Å². The van der Waals surface area contributed by atoms with Gasteiger partial charge in [-0.05, 0) is 48.2 Å². The van der Waals surface area contributed by atoms with Gasteiger partial charge < -0.3 is 10.5 Å². The summed E-state index contributed by atoms with van der Waals surface area (Å²) in [7, 11) is 0. The largest absolute Gasteiger partial charge is 0.485 e. The van der Waals surface area contributed by atoms with E-state index in [0.29, 0.717) is 35.8 Å². The number of benzene rings is 2. The number of aryl methyl sites for hydroxylation is 1. The standard InChI is InChI=1S/C23H20FN3O/c1-15-22(28-14-17-5-3-2-4-6-17)21-20(23(25)27-15)12-18(13-26-21)11-16-7-9-19(24)10-8-16/h2-10,12-13H,11,14H2,1H3,(H2,25,27). The van der Waals surface area contributed by atoms with Gasteiger partial charge in [0.25, 0.3) is 0 Å². The average Bonchev–Trinajstić information content (AvgIpc) is 2.71. The molecule has 2 aromatic heterocycles. The van der Waals surface area contributed by atoms with Crippen LogP contribution in [0.1, 0.15) is 22.4 Å². The molecule has 0 radical (unpaired) electrons. The van der Waals surface area contributed by atoms with Crippen molar-refractivity contribution < 1.29 is 9.13 Å². The summed E-state index contributed by atoms with van der Waals surface area (Å²) < 4.78 is 19.2. The van der Waals surface area contributed by atoms with Gasteiger partial charge in [0.15, 0.2) is 5.75 Å². The number of hydrogen-bond acceptors (Lipinski definition) is 4. The Morgan fingerprint density at radius 2 is 1.71 bits per heavy atom. The van der Waals surface area contributed by atoms with Crippen LogP contribution < -0.4 is 10.5 Å². The molecule has 140 valence electrons. The number of rotatable bonds is 5. The number of pyridine rings is 2. The minimum atomic E-state index is -0.246. The van der Waals surface area contributed by atoms with Crippen LogP contribution in [0.15, 0.2) is 66.9 Å². The Bertz CT molecular complexity index is 1110. The molecule has 4 nitrogen and oxygen atoms in total. The summed E-state index contributed by atoms with van der Waals surface area (Å²) in [6.07, 6.45) is 2.44. The van der Waals surface area contributed by atoms with Crippen molar-refractivity contribution >= 4 is 16.7 Å². The predicted molar refractivity (Wildman–Crippen MR) is 109 cm³/mol. The molecule has 0 aliphatic heterocycles. The van der Waals surface area contributed by atoms with Gasteiger partial charge in [0.1, 0.15) is 23.8 Å². The minimum absolute atomic E-state index is 0.246. The normalized spacial score (nSPS) is 10.9. The van der Waals surface area contributed by atoms with Gasteiger partial charge >= 0.3 is 0 Å². The van der Waals surface area contributed by atoms with Crippen molar-refractivity contribution in [3.63, 3.8) is 0 Å². The van der Waals surface area contributed by atoms with Gasteiger partial charge in [-0.1, -0.05) is 42.5 Å². The molecule has 0 spiro atoms. The van der Waals surface area contributed by atoms with Crippen LogP contribution in [0.25, 0.3) is 10.9 Å². The maximum absolute atomic E-state index is 13.1. The van der Waals surface area contributed by atoms with Crippen LogP contribution in [0.3, 0.4) is 0 Å². The molecule has 4 aromatic rings. The second-order valence-corrected chi connectivity index (χ2v) is 6.73. The Balaban J connectivity index is 1.66. The lowest BCUT2D eigenvalue weighted by Crippen LogP contribution is -2.04. The van der Waals surface area contributed by atoms with E-state index in [-0.39, 0.29) is 5.82 Å². The van der Waals surface area contributed by atoms with Crippen LogP contribution >= 0.6 is 0 Å². The highest BCUT2D eigenvalue weighted by Crippen LogP contribution is 2.31. The second-order valence-electron chi connectivity index (χ2n) is 6.73. The predicted octanol–water partition coefficient (Wildman–Crippen LogP) is 4.83. The van der Waals surface area contributed by atoms with Crippen LogP contribution in [0.5, 0.6) is 5.75 Å². The third-order valence-corrected chi connectivity index (χ3v) is 4.60. The third-order valence-electron chi connectivity index (χ3n) is 4.60. The molecule has 0 saturated carbocycles. The number of nitrogens with two attached hydrogens (primary N) is 1. The van der Waals surface area contributed by atoms with E-state index in [2.05, 4.69) is 9.97 Å². The summed E-state index contributed by atoms with van der Waals surface area (Å²) >= 11 is 0. The quantitative estimate of drug-likeness (QED) is 0.544. The summed E-state index contributed by atoms with van der Waals surface area (Å²) in [5.41, 5.74) is 10.6. The second kappa shape index (κ2) is 7.64. The maximum atomic E-state index is 13.1. The highest BCUT2D eigenvalue weighted by molar-refractivity contribution is 5.93. The summed E-state index contributed by atoms with van der Waals surface area (Å²) in [6.45, 7) is 2.30. The molecule has 2 aromatic carbocycles. The summed E-state index contributed by atoms with van der Waals surface area (Å²) in [6, 6.07) is 18.4. The van der Waals surface area contributed by atoms with E-state index in [9.17, 15) is 4.39 Å². The monoisotopic (exact) mass is 373 g/mol. The van der Waals surface area contributed by atoms with E-state index in [1.165, 1.54) is 12.1 Å². The third kappa shape index (κ3) is 3.78. The first-order valence-electron chi connectivity index (χ1n) is 9.06. The molecule has 5 heteroatoms. The number of nitrogens with zero attached hydrogens (tertiary/aromatic N) is 2. The number of halogens is 1. The molecule has 2 N–H and O–H groups in total. The molecule has 2 heterocycles. The van der Waals surface area contributed by atoms with Crippen molar-refractivity contribution in [3.05, 3.63) is 95.1 Å². The lowest BCUT2D eigenvalue weighted by molar-refractivity contribution is 0.306. The van der Waals surface area contributed by atoms with E-state index >= 15 is 0 Å². The number of ether oxygens (including phenoxy) is 1. The van der Waals surface area contributed by atoms with Gasteiger partial charge in [0.2, 0.25) is 0 Å². The van der Waals surface area contributed by atoms with Crippen LogP contribution in [-0.4, -0.2) is 9.97 Å². The van der Waals surface area contributed by atoms with Crippen LogP contribution in [0.4, 0.5) is 10.2 Å². The topological polar surface area (TPSA) is 61.0 Å².